The van der Waals surface area contributed by atoms with Gasteiger partial charge in [0, 0.05) is 24.5 Å². The minimum absolute atomic E-state index is 0.798. The number of hydrogen-bond acceptors (Lipinski definition) is 5. The summed E-state index contributed by atoms with van der Waals surface area (Å²) in [5.74, 6) is 0.903. The Morgan fingerprint density at radius 3 is 2.76 bits per heavy atom. The summed E-state index contributed by atoms with van der Waals surface area (Å²) >= 11 is 1.45. The molecule has 4 nitrogen and oxygen atoms in total. The average molecular weight is 304 g/mol. The summed E-state index contributed by atoms with van der Waals surface area (Å²) in [6.07, 6.45) is 5.53. The number of aryl methyl sites for hydroxylation is 1. The molecule has 0 aliphatic carbocycles. The summed E-state index contributed by atoms with van der Waals surface area (Å²) in [7, 11) is 0. The van der Waals surface area contributed by atoms with Crippen LogP contribution in [0.3, 0.4) is 0 Å². The van der Waals surface area contributed by atoms with Gasteiger partial charge in [-0.05, 0) is 37.4 Å². The Morgan fingerprint density at radius 2 is 1.95 bits per heavy atom. The molecule has 0 radical (unpaired) electrons. The first-order valence-corrected chi connectivity index (χ1v) is 8.38. The fourth-order valence-corrected chi connectivity index (χ4v) is 2.80. The van der Waals surface area contributed by atoms with Crippen LogP contribution in [0.4, 0.5) is 5.13 Å². The van der Waals surface area contributed by atoms with E-state index in [1.807, 2.05) is 0 Å². The van der Waals surface area contributed by atoms with Crippen molar-refractivity contribution in [1.29, 1.82) is 0 Å². The third-order valence-electron chi connectivity index (χ3n) is 3.49. The molecule has 1 aromatic heterocycles. The smallest absolute Gasteiger partial charge is 0.202 e. The molecule has 0 saturated carbocycles. The summed E-state index contributed by atoms with van der Waals surface area (Å²) in [4.78, 5) is 4.56. The first-order valence-electron chi connectivity index (χ1n) is 7.60. The van der Waals surface area contributed by atoms with Crippen LogP contribution in [-0.4, -0.2) is 22.4 Å². The largest absolute Gasteiger partial charge is 0.360 e. The highest BCUT2D eigenvalue weighted by molar-refractivity contribution is 7.09. The number of nitrogens with two attached hydrogens (primary N) is 1. The van der Waals surface area contributed by atoms with Crippen molar-refractivity contribution in [2.45, 2.75) is 39.0 Å². The molecule has 0 atom stereocenters. The predicted octanol–water partition coefficient (Wildman–Crippen LogP) is 3.37. The van der Waals surface area contributed by atoms with E-state index in [0.717, 1.165) is 43.3 Å². The first-order chi connectivity index (χ1) is 10.3. The van der Waals surface area contributed by atoms with Crippen molar-refractivity contribution >= 4 is 16.7 Å². The monoisotopic (exact) mass is 304 g/mol. The van der Waals surface area contributed by atoms with Gasteiger partial charge in [0.2, 0.25) is 5.13 Å². The lowest BCUT2D eigenvalue weighted by atomic mass is 10.1. The molecule has 5 heteroatoms. The van der Waals surface area contributed by atoms with Crippen molar-refractivity contribution in [2.75, 3.05) is 18.4 Å². The standard InChI is InChI=1S/C16H24N4S/c1-13-8-4-5-9-14(13)12-15-19-16(21-20-15)18-11-7-3-2-6-10-17/h4-5,8-9H,2-3,6-7,10-12,17H2,1H3,(H,18,19,20). The molecule has 21 heavy (non-hydrogen) atoms. The summed E-state index contributed by atoms with van der Waals surface area (Å²) in [6, 6.07) is 8.39. The van der Waals surface area contributed by atoms with Gasteiger partial charge in [0.1, 0.15) is 5.82 Å². The molecule has 0 aliphatic rings. The summed E-state index contributed by atoms with van der Waals surface area (Å²) in [5.41, 5.74) is 8.07. The molecule has 0 aliphatic heterocycles. The first kappa shape index (κ1) is 15.9. The van der Waals surface area contributed by atoms with Crippen LogP contribution in [0.5, 0.6) is 0 Å². The molecule has 0 amide bonds. The molecule has 3 N–H and O–H groups in total. The van der Waals surface area contributed by atoms with E-state index in [1.54, 1.807) is 0 Å². The highest BCUT2D eigenvalue weighted by Gasteiger charge is 2.06. The van der Waals surface area contributed by atoms with Crippen molar-refractivity contribution in [1.82, 2.24) is 9.36 Å². The number of rotatable bonds is 9. The third kappa shape index (κ3) is 5.44. The van der Waals surface area contributed by atoms with Crippen LogP contribution in [0.1, 0.15) is 42.6 Å². The Bertz CT molecular complexity index is 539. The molecule has 0 bridgehead atoms. The Kier molecular flexibility index (Phi) is 6.63. The zero-order valence-corrected chi connectivity index (χ0v) is 13.5. The van der Waals surface area contributed by atoms with Crippen LogP contribution in [0, 0.1) is 6.92 Å². The minimum atomic E-state index is 0.798. The molecule has 0 spiro atoms. The van der Waals surface area contributed by atoms with Crippen LogP contribution < -0.4 is 11.1 Å². The van der Waals surface area contributed by atoms with Crippen molar-refractivity contribution in [3.05, 3.63) is 41.2 Å². The van der Waals surface area contributed by atoms with Gasteiger partial charge < -0.3 is 11.1 Å². The number of anilines is 1. The van der Waals surface area contributed by atoms with E-state index in [2.05, 4.69) is 45.9 Å². The van der Waals surface area contributed by atoms with Crippen molar-refractivity contribution in [3.63, 3.8) is 0 Å². The average Bonchev–Trinajstić information content (AvgIpc) is 2.93. The lowest BCUT2D eigenvalue weighted by Gasteiger charge is -2.02. The summed E-state index contributed by atoms with van der Waals surface area (Å²) in [6.45, 7) is 3.89. The Hall–Kier alpha value is -1.46. The lowest BCUT2D eigenvalue weighted by molar-refractivity contribution is 0.661. The Labute approximate surface area is 131 Å². The van der Waals surface area contributed by atoms with E-state index in [9.17, 15) is 0 Å². The lowest BCUT2D eigenvalue weighted by Crippen LogP contribution is -2.02. The number of nitrogens with zero attached hydrogens (tertiary/aromatic N) is 2. The second-order valence-electron chi connectivity index (χ2n) is 5.25. The molecular weight excluding hydrogens is 280 g/mol. The van der Waals surface area contributed by atoms with Crippen LogP contribution in [0.25, 0.3) is 0 Å². The van der Waals surface area contributed by atoms with Crippen molar-refractivity contribution in [2.24, 2.45) is 5.73 Å². The topological polar surface area (TPSA) is 63.8 Å². The fourth-order valence-electron chi connectivity index (χ4n) is 2.19. The fraction of sp³-hybridized carbons (Fsp3) is 0.500. The number of benzene rings is 1. The number of nitrogens with one attached hydrogen (secondary N) is 1. The maximum absolute atomic E-state index is 5.48. The number of unbranched alkanes of at least 4 members (excludes halogenated alkanes) is 3. The van der Waals surface area contributed by atoms with E-state index in [0.29, 0.717) is 0 Å². The van der Waals surface area contributed by atoms with Gasteiger partial charge in [-0.1, -0.05) is 37.1 Å². The highest BCUT2D eigenvalue weighted by Crippen LogP contribution is 2.16. The minimum Gasteiger partial charge on any atom is -0.360 e. The Morgan fingerprint density at radius 1 is 1.14 bits per heavy atom. The van der Waals surface area contributed by atoms with E-state index in [4.69, 9.17) is 5.73 Å². The molecule has 1 heterocycles. The zero-order chi connectivity index (χ0) is 14.9. The molecule has 0 unspecified atom stereocenters. The van der Waals surface area contributed by atoms with Crippen LogP contribution in [0.15, 0.2) is 24.3 Å². The van der Waals surface area contributed by atoms with Gasteiger partial charge in [-0.2, -0.15) is 4.37 Å². The normalized spacial score (nSPS) is 10.8. The van der Waals surface area contributed by atoms with Crippen LogP contribution in [0.2, 0.25) is 0 Å². The molecule has 114 valence electrons. The quantitative estimate of drug-likeness (QED) is 0.697. The van der Waals surface area contributed by atoms with Crippen molar-refractivity contribution < 1.29 is 0 Å². The predicted molar refractivity (Wildman–Crippen MR) is 89.9 cm³/mol. The van der Waals surface area contributed by atoms with Gasteiger partial charge >= 0.3 is 0 Å². The van der Waals surface area contributed by atoms with Crippen LogP contribution >= 0.6 is 11.5 Å². The van der Waals surface area contributed by atoms with Crippen molar-refractivity contribution in [3.8, 4) is 0 Å². The maximum atomic E-state index is 5.48. The van der Waals surface area contributed by atoms with Gasteiger partial charge in [-0.15, -0.1) is 0 Å². The van der Waals surface area contributed by atoms with Gasteiger partial charge in [0.15, 0.2) is 0 Å². The number of hydrogen-bond donors (Lipinski definition) is 2. The SMILES string of the molecule is Cc1ccccc1Cc1nsc(NCCCCCCN)n1. The summed E-state index contributed by atoms with van der Waals surface area (Å²) < 4.78 is 4.43. The third-order valence-corrected chi connectivity index (χ3v) is 4.20. The molecule has 2 aromatic rings. The van der Waals surface area contributed by atoms with E-state index in [1.165, 1.54) is 35.5 Å². The molecule has 0 saturated heterocycles. The zero-order valence-electron chi connectivity index (χ0n) is 12.6. The second kappa shape index (κ2) is 8.74. The van der Waals surface area contributed by atoms with E-state index in [-0.39, 0.29) is 0 Å². The number of aromatic nitrogens is 2. The van der Waals surface area contributed by atoms with Gasteiger partial charge in [-0.3, -0.25) is 0 Å². The molecule has 2 rings (SSSR count). The maximum Gasteiger partial charge on any atom is 0.202 e. The molecule has 1 aromatic carbocycles. The van der Waals surface area contributed by atoms with Crippen LogP contribution in [-0.2, 0) is 6.42 Å². The van der Waals surface area contributed by atoms with Gasteiger partial charge in [-0.25, -0.2) is 4.98 Å². The molecular formula is C16H24N4S. The van der Waals surface area contributed by atoms with E-state index < -0.39 is 0 Å². The molecule has 0 fully saturated rings. The van der Waals surface area contributed by atoms with Gasteiger partial charge in [0.05, 0.1) is 0 Å². The Balaban J connectivity index is 1.75. The summed E-state index contributed by atoms with van der Waals surface area (Å²) in [5, 5.41) is 4.28. The second-order valence-corrected chi connectivity index (χ2v) is 6.00. The highest BCUT2D eigenvalue weighted by atomic mass is 32.1. The van der Waals surface area contributed by atoms with E-state index >= 15 is 0 Å². The van der Waals surface area contributed by atoms with Gasteiger partial charge in [0.25, 0.3) is 0 Å².